The molecule has 0 fully saturated rings. The largest absolute Gasteiger partial charge is 0.261 e. The SMILES string of the molecule is CCC/C(=N\N=C(/CCC)c1ccc(C)nc1)c1ccc(C)nc1. The lowest BCUT2D eigenvalue weighted by atomic mass is 10.1. The monoisotopic (exact) mass is 322 g/mol. The molecule has 0 saturated heterocycles. The van der Waals surface area contributed by atoms with Crippen LogP contribution in [0, 0.1) is 13.8 Å². The van der Waals surface area contributed by atoms with Crippen molar-refractivity contribution in [3.05, 3.63) is 59.2 Å². The highest BCUT2D eigenvalue weighted by Gasteiger charge is 2.06. The predicted octanol–water partition coefficient (Wildman–Crippen LogP) is 4.89. The lowest BCUT2D eigenvalue weighted by Gasteiger charge is -2.06. The van der Waals surface area contributed by atoms with E-state index in [1.807, 2.05) is 38.4 Å². The Labute approximate surface area is 144 Å². The van der Waals surface area contributed by atoms with Gasteiger partial charge in [-0.1, -0.05) is 26.7 Å². The maximum atomic E-state index is 4.57. The molecule has 0 bridgehead atoms. The van der Waals surface area contributed by atoms with E-state index in [2.05, 4.69) is 46.2 Å². The Morgan fingerprint density at radius 1 is 0.750 bits per heavy atom. The van der Waals surface area contributed by atoms with Gasteiger partial charge in [0.25, 0.3) is 0 Å². The maximum absolute atomic E-state index is 4.57. The van der Waals surface area contributed by atoms with E-state index < -0.39 is 0 Å². The van der Waals surface area contributed by atoms with Crippen molar-refractivity contribution in [2.75, 3.05) is 0 Å². The molecular weight excluding hydrogens is 296 g/mol. The molecule has 0 atom stereocenters. The third-order valence-electron chi connectivity index (χ3n) is 3.75. The maximum Gasteiger partial charge on any atom is 0.0718 e. The van der Waals surface area contributed by atoms with E-state index in [1.54, 1.807) is 0 Å². The van der Waals surface area contributed by atoms with Gasteiger partial charge in [0.15, 0.2) is 0 Å². The van der Waals surface area contributed by atoms with Crippen LogP contribution in [0.4, 0.5) is 0 Å². The van der Waals surface area contributed by atoms with E-state index in [-0.39, 0.29) is 0 Å². The van der Waals surface area contributed by atoms with Crippen LogP contribution in [0.1, 0.15) is 62.0 Å². The molecule has 0 aliphatic carbocycles. The highest BCUT2D eigenvalue weighted by molar-refractivity contribution is 6.03. The first-order valence-corrected chi connectivity index (χ1v) is 8.63. The molecule has 0 N–H and O–H groups in total. The van der Waals surface area contributed by atoms with Crippen LogP contribution in [0.2, 0.25) is 0 Å². The number of rotatable bonds is 7. The van der Waals surface area contributed by atoms with Gasteiger partial charge in [-0.15, -0.1) is 0 Å². The summed E-state index contributed by atoms with van der Waals surface area (Å²) in [5.41, 5.74) is 6.08. The summed E-state index contributed by atoms with van der Waals surface area (Å²) in [4.78, 5) is 8.75. The molecular formula is C20H26N4. The summed E-state index contributed by atoms with van der Waals surface area (Å²) >= 11 is 0. The molecule has 0 amide bonds. The zero-order chi connectivity index (χ0) is 17.4. The van der Waals surface area contributed by atoms with E-state index in [0.29, 0.717) is 0 Å². The average Bonchev–Trinajstić information content (AvgIpc) is 2.59. The standard InChI is InChI=1S/C20H26N4/c1-5-7-19(17-11-9-15(3)21-13-17)23-24-20(8-6-2)18-12-10-16(4)22-14-18/h9-14H,5-8H2,1-4H3/b23-19+,24-20+. The number of aromatic nitrogens is 2. The van der Waals surface area contributed by atoms with Gasteiger partial charge in [0.2, 0.25) is 0 Å². The molecule has 0 radical (unpaired) electrons. The number of aryl methyl sites for hydroxylation is 2. The summed E-state index contributed by atoms with van der Waals surface area (Å²) in [5, 5.41) is 9.14. The third kappa shape index (κ3) is 5.08. The van der Waals surface area contributed by atoms with Crippen LogP contribution < -0.4 is 0 Å². The quantitative estimate of drug-likeness (QED) is 0.538. The van der Waals surface area contributed by atoms with E-state index in [4.69, 9.17) is 0 Å². The van der Waals surface area contributed by atoms with Gasteiger partial charge in [0.1, 0.15) is 0 Å². The second-order valence-corrected chi connectivity index (χ2v) is 5.97. The van der Waals surface area contributed by atoms with Crippen LogP contribution in [0.15, 0.2) is 46.9 Å². The van der Waals surface area contributed by atoms with Gasteiger partial charge < -0.3 is 0 Å². The van der Waals surface area contributed by atoms with Gasteiger partial charge >= 0.3 is 0 Å². The molecule has 4 heteroatoms. The van der Waals surface area contributed by atoms with Crippen molar-refractivity contribution in [1.29, 1.82) is 0 Å². The fourth-order valence-corrected chi connectivity index (χ4v) is 2.38. The second kappa shape index (κ2) is 9.06. The fourth-order valence-electron chi connectivity index (χ4n) is 2.38. The number of hydrogen-bond acceptors (Lipinski definition) is 4. The van der Waals surface area contributed by atoms with Gasteiger partial charge in [-0.3, -0.25) is 9.97 Å². The summed E-state index contributed by atoms with van der Waals surface area (Å²) in [6, 6.07) is 8.17. The minimum atomic E-state index is 0.889. The van der Waals surface area contributed by atoms with Crippen molar-refractivity contribution in [2.45, 2.75) is 53.4 Å². The van der Waals surface area contributed by atoms with Crippen LogP contribution in [-0.2, 0) is 0 Å². The van der Waals surface area contributed by atoms with Crippen LogP contribution in [-0.4, -0.2) is 21.4 Å². The van der Waals surface area contributed by atoms with E-state index in [9.17, 15) is 0 Å². The zero-order valence-electron chi connectivity index (χ0n) is 15.1. The first kappa shape index (κ1) is 18.0. The van der Waals surface area contributed by atoms with Gasteiger partial charge in [0, 0.05) is 34.9 Å². The molecule has 2 heterocycles. The molecule has 0 saturated carbocycles. The average molecular weight is 322 g/mol. The number of nitrogens with zero attached hydrogens (tertiary/aromatic N) is 4. The van der Waals surface area contributed by atoms with Crippen molar-refractivity contribution in [3.8, 4) is 0 Å². The van der Waals surface area contributed by atoms with E-state index in [0.717, 1.165) is 59.6 Å². The van der Waals surface area contributed by atoms with Crippen LogP contribution in [0.5, 0.6) is 0 Å². The molecule has 126 valence electrons. The first-order chi connectivity index (χ1) is 11.6. The highest BCUT2D eigenvalue weighted by Crippen LogP contribution is 2.11. The van der Waals surface area contributed by atoms with E-state index >= 15 is 0 Å². The van der Waals surface area contributed by atoms with Crippen molar-refractivity contribution in [2.24, 2.45) is 10.2 Å². The number of pyridine rings is 2. The van der Waals surface area contributed by atoms with Gasteiger partial charge in [-0.2, -0.15) is 10.2 Å². The summed E-state index contributed by atoms with van der Waals surface area (Å²) < 4.78 is 0. The van der Waals surface area contributed by atoms with Crippen molar-refractivity contribution in [3.63, 3.8) is 0 Å². The summed E-state index contributed by atoms with van der Waals surface area (Å²) in [6.07, 6.45) is 7.59. The minimum Gasteiger partial charge on any atom is -0.261 e. The molecule has 2 rings (SSSR count). The molecule has 4 nitrogen and oxygen atoms in total. The Morgan fingerprint density at radius 3 is 1.46 bits per heavy atom. The molecule has 0 aromatic carbocycles. The molecule has 24 heavy (non-hydrogen) atoms. The predicted molar refractivity (Wildman–Crippen MR) is 101 cm³/mol. The van der Waals surface area contributed by atoms with Crippen molar-refractivity contribution >= 4 is 11.4 Å². The van der Waals surface area contributed by atoms with Crippen molar-refractivity contribution in [1.82, 2.24) is 9.97 Å². The van der Waals surface area contributed by atoms with Gasteiger partial charge in [-0.25, -0.2) is 0 Å². The molecule has 0 aliphatic rings. The molecule has 2 aromatic heterocycles. The second-order valence-electron chi connectivity index (χ2n) is 5.97. The van der Waals surface area contributed by atoms with Crippen LogP contribution >= 0.6 is 0 Å². The Bertz CT molecular complexity index is 634. The summed E-state index contributed by atoms with van der Waals surface area (Å²) in [6.45, 7) is 8.28. The normalized spacial score (nSPS) is 12.5. The Kier molecular flexibility index (Phi) is 6.79. The minimum absolute atomic E-state index is 0.889. The van der Waals surface area contributed by atoms with Crippen LogP contribution in [0.3, 0.4) is 0 Å². The third-order valence-corrected chi connectivity index (χ3v) is 3.75. The summed E-state index contributed by atoms with van der Waals surface area (Å²) in [7, 11) is 0. The highest BCUT2D eigenvalue weighted by atomic mass is 15.2. The topological polar surface area (TPSA) is 50.5 Å². The molecule has 0 unspecified atom stereocenters. The Morgan fingerprint density at radius 2 is 1.17 bits per heavy atom. The van der Waals surface area contributed by atoms with Crippen molar-refractivity contribution < 1.29 is 0 Å². The summed E-state index contributed by atoms with van der Waals surface area (Å²) in [5.74, 6) is 0. The zero-order valence-corrected chi connectivity index (χ0v) is 15.1. The molecule has 0 aliphatic heterocycles. The van der Waals surface area contributed by atoms with Gasteiger partial charge in [-0.05, 0) is 51.0 Å². The number of hydrogen-bond donors (Lipinski definition) is 0. The smallest absolute Gasteiger partial charge is 0.0718 e. The lowest BCUT2D eigenvalue weighted by molar-refractivity contribution is 0.963. The van der Waals surface area contributed by atoms with Crippen LogP contribution in [0.25, 0.3) is 0 Å². The lowest BCUT2D eigenvalue weighted by Crippen LogP contribution is -2.04. The van der Waals surface area contributed by atoms with Gasteiger partial charge in [0.05, 0.1) is 11.4 Å². The van der Waals surface area contributed by atoms with E-state index in [1.165, 1.54) is 0 Å². The molecule has 0 spiro atoms. The fraction of sp³-hybridized carbons (Fsp3) is 0.400. The Hall–Kier alpha value is -2.36. The Balaban J connectivity index is 2.35. The first-order valence-electron chi connectivity index (χ1n) is 8.63. The molecule has 2 aromatic rings.